The van der Waals surface area contributed by atoms with Gasteiger partial charge in [-0.3, -0.25) is 14.6 Å². The van der Waals surface area contributed by atoms with Crippen molar-refractivity contribution in [1.29, 1.82) is 0 Å². The van der Waals surface area contributed by atoms with Crippen molar-refractivity contribution in [3.05, 3.63) is 59.8 Å². The highest BCUT2D eigenvalue weighted by atomic mass is 19.1. The van der Waals surface area contributed by atoms with E-state index in [0.29, 0.717) is 77.0 Å². The van der Waals surface area contributed by atoms with Crippen molar-refractivity contribution < 1.29 is 32.9 Å². The first-order valence-electron chi connectivity index (χ1n) is 12.5. The van der Waals surface area contributed by atoms with Gasteiger partial charge in [0.25, 0.3) is 5.91 Å². The van der Waals surface area contributed by atoms with E-state index in [1.165, 1.54) is 12.1 Å². The second kappa shape index (κ2) is 13.8. The highest BCUT2D eigenvalue weighted by Crippen LogP contribution is 2.13. The van der Waals surface area contributed by atoms with Crippen LogP contribution in [0.15, 0.2) is 47.1 Å². The van der Waals surface area contributed by atoms with Crippen molar-refractivity contribution in [3.8, 4) is 0 Å². The number of hydrogen-bond acceptors (Lipinski definition) is 8. The summed E-state index contributed by atoms with van der Waals surface area (Å²) < 4.78 is 36.0. The van der Waals surface area contributed by atoms with Crippen molar-refractivity contribution >= 4 is 5.91 Å². The number of furan rings is 1. The Morgan fingerprint density at radius 1 is 1.17 bits per heavy atom. The molecule has 1 aromatic heterocycles. The molecular weight excluding hydrogens is 469 g/mol. The molecule has 2 aliphatic rings. The number of ether oxygens (including phenoxy) is 3. The first kappa shape index (κ1) is 26.7. The van der Waals surface area contributed by atoms with Crippen LogP contribution in [0.2, 0.25) is 0 Å². The molecule has 2 fully saturated rings. The van der Waals surface area contributed by atoms with E-state index < -0.39 is 11.9 Å². The number of carbonyl (C=O) groups excluding carboxylic acids is 1. The number of aliphatic hydroxyl groups excluding tert-OH is 1. The molecule has 10 heteroatoms. The number of aliphatic hydroxyl groups is 1. The quantitative estimate of drug-likeness (QED) is 0.464. The third kappa shape index (κ3) is 8.36. The maximum absolute atomic E-state index is 13.8. The average molecular weight is 506 g/mol. The highest BCUT2D eigenvalue weighted by molar-refractivity contribution is 5.94. The SMILES string of the molecule is O=C(c1cccc(F)c1)N(CCN1CCOCC1)C[C@@H]1CN(C[C@H](O)COCc2ccco2)CCO1. The molecule has 4 rings (SSSR count). The summed E-state index contributed by atoms with van der Waals surface area (Å²) in [7, 11) is 0. The Morgan fingerprint density at radius 3 is 2.78 bits per heavy atom. The Hall–Kier alpha value is -2.34. The molecule has 0 bridgehead atoms. The normalized spacial score (nSPS) is 20.3. The molecule has 0 radical (unpaired) electrons. The van der Waals surface area contributed by atoms with Crippen LogP contribution in [0.1, 0.15) is 16.1 Å². The van der Waals surface area contributed by atoms with Gasteiger partial charge < -0.3 is 28.6 Å². The molecule has 0 aliphatic carbocycles. The number of nitrogens with zero attached hydrogens (tertiary/aromatic N) is 3. The Bertz CT molecular complexity index is 924. The largest absolute Gasteiger partial charge is 0.467 e. The van der Waals surface area contributed by atoms with Crippen LogP contribution in [-0.4, -0.2) is 117 Å². The summed E-state index contributed by atoms with van der Waals surface area (Å²) in [6.07, 6.45) is 0.731. The van der Waals surface area contributed by atoms with Gasteiger partial charge in [-0.1, -0.05) is 6.07 Å². The number of amides is 1. The standard InChI is InChI=1S/C26H36FN3O6/c27-22-4-1-3-21(15-22)26(32)30(7-6-28-8-12-33-13-9-28)18-25-17-29(10-14-36-25)16-23(31)19-34-20-24-5-2-11-35-24/h1-5,11,15,23,25,31H,6-10,12-14,16-20H2/t23-,25-/m0/s1. The van der Waals surface area contributed by atoms with Crippen LogP contribution in [0.3, 0.4) is 0 Å². The smallest absolute Gasteiger partial charge is 0.254 e. The first-order chi connectivity index (χ1) is 17.6. The predicted octanol–water partition coefficient (Wildman–Crippen LogP) is 1.47. The lowest BCUT2D eigenvalue weighted by Crippen LogP contribution is -2.52. The molecule has 3 heterocycles. The maximum Gasteiger partial charge on any atom is 0.254 e. The first-order valence-corrected chi connectivity index (χ1v) is 12.5. The molecule has 198 valence electrons. The van der Waals surface area contributed by atoms with Gasteiger partial charge in [0, 0.05) is 57.9 Å². The number of halogens is 1. The zero-order chi connectivity index (χ0) is 25.2. The van der Waals surface area contributed by atoms with Crippen LogP contribution in [0.25, 0.3) is 0 Å². The molecule has 2 saturated heterocycles. The summed E-state index contributed by atoms with van der Waals surface area (Å²) in [4.78, 5) is 19.4. The van der Waals surface area contributed by atoms with Gasteiger partial charge in [-0.15, -0.1) is 0 Å². The van der Waals surface area contributed by atoms with Gasteiger partial charge in [-0.2, -0.15) is 0 Å². The molecule has 1 amide bonds. The van der Waals surface area contributed by atoms with E-state index in [-0.39, 0.29) is 18.6 Å². The fourth-order valence-electron chi connectivity index (χ4n) is 4.51. The molecule has 36 heavy (non-hydrogen) atoms. The minimum absolute atomic E-state index is 0.201. The Morgan fingerprint density at radius 2 is 2.00 bits per heavy atom. The maximum atomic E-state index is 13.8. The fraction of sp³-hybridized carbons (Fsp3) is 0.577. The minimum Gasteiger partial charge on any atom is -0.467 e. The van der Waals surface area contributed by atoms with Crippen LogP contribution < -0.4 is 0 Å². The van der Waals surface area contributed by atoms with E-state index in [1.807, 2.05) is 6.07 Å². The zero-order valence-electron chi connectivity index (χ0n) is 20.6. The van der Waals surface area contributed by atoms with Crippen molar-refractivity contribution in [2.45, 2.75) is 18.8 Å². The number of morpholine rings is 2. The number of hydrogen-bond donors (Lipinski definition) is 1. The van der Waals surface area contributed by atoms with Gasteiger partial charge in [0.05, 0.1) is 44.9 Å². The van der Waals surface area contributed by atoms with Crippen molar-refractivity contribution in [1.82, 2.24) is 14.7 Å². The predicted molar refractivity (Wildman–Crippen MR) is 130 cm³/mol. The van der Waals surface area contributed by atoms with E-state index in [0.717, 1.165) is 13.1 Å². The molecule has 1 aromatic carbocycles. The van der Waals surface area contributed by atoms with Crippen LogP contribution >= 0.6 is 0 Å². The van der Waals surface area contributed by atoms with Gasteiger partial charge in [-0.25, -0.2) is 4.39 Å². The van der Waals surface area contributed by atoms with E-state index >= 15 is 0 Å². The number of rotatable bonds is 12. The lowest BCUT2D eigenvalue weighted by atomic mass is 10.1. The second-order valence-electron chi connectivity index (χ2n) is 9.22. The molecule has 2 aromatic rings. The average Bonchev–Trinajstić information content (AvgIpc) is 3.40. The lowest BCUT2D eigenvalue weighted by Gasteiger charge is -2.37. The fourth-order valence-corrected chi connectivity index (χ4v) is 4.51. The van der Waals surface area contributed by atoms with Crippen LogP contribution in [0.4, 0.5) is 4.39 Å². The van der Waals surface area contributed by atoms with Crippen LogP contribution in [-0.2, 0) is 20.8 Å². The topological polar surface area (TPSA) is 87.9 Å². The molecule has 0 saturated carbocycles. The Kier molecular flexibility index (Phi) is 10.3. The molecule has 2 atom stereocenters. The molecule has 0 unspecified atom stereocenters. The monoisotopic (exact) mass is 505 g/mol. The van der Waals surface area contributed by atoms with E-state index in [2.05, 4.69) is 9.80 Å². The Balaban J connectivity index is 1.30. The summed E-state index contributed by atoms with van der Waals surface area (Å²) in [5, 5.41) is 10.4. The third-order valence-electron chi connectivity index (χ3n) is 6.40. The van der Waals surface area contributed by atoms with E-state index in [1.54, 1.807) is 29.4 Å². The number of benzene rings is 1. The molecule has 2 aliphatic heterocycles. The number of β-amino-alcohol motifs (C(OH)–C–C–N with tert-alkyl or cyclic N) is 1. The summed E-state index contributed by atoms with van der Waals surface area (Å²) in [6.45, 7) is 7.40. The zero-order valence-corrected chi connectivity index (χ0v) is 20.6. The Labute approximate surface area is 211 Å². The van der Waals surface area contributed by atoms with Gasteiger partial charge in [-0.05, 0) is 30.3 Å². The minimum atomic E-state index is -0.648. The van der Waals surface area contributed by atoms with E-state index in [9.17, 15) is 14.3 Å². The third-order valence-corrected chi connectivity index (χ3v) is 6.40. The second-order valence-corrected chi connectivity index (χ2v) is 9.22. The van der Waals surface area contributed by atoms with Gasteiger partial charge in [0.15, 0.2) is 0 Å². The summed E-state index contributed by atoms with van der Waals surface area (Å²) in [6, 6.07) is 9.43. The summed E-state index contributed by atoms with van der Waals surface area (Å²) in [5.74, 6) is 0.0703. The number of carbonyl (C=O) groups is 1. The van der Waals surface area contributed by atoms with Gasteiger partial charge in [0.1, 0.15) is 18.2 Å². The van der Waals surface area contributed by atoms with Gasteiger partial charge >= 0.3 is 0 Å². The lowest BCUT2D eigenvalue weighted by molar-refractivity contribution is -0.0610. The molecule has 1 N–H and O–H groups in total. The molecule has 9 nitrogen and oxygen atoms in total. The molecule has 0 spiro atoms. The van der Waals surface area contributed by atoms with Gasteiger partial charge in [0.2, 0.25) is 0 Å². The van der Waals surface area contributed by atoms with Crippen molar-refractivity contribution in [2.24, 2.45) is 0 Å². The summed E-state index contributed by atoms with van der Waals surface area (Å²) in [5.41, 5.74) is 0.328. The van der Waals surface area contributed by atoms with E-state index in [4.69, 9.17) is 18.6 Å². The van der Waals surface area contributed by atoms with Crippen molar-refractivity contribution in [2.75, 3.05) is 78.8 Å². The summed E-state index contributed by atoms with van der Waals surface area (Å²) >= 11 is 0. The van der Waals surface area contributed by atoms with Crippen LogP contribution in [0.5, 0.6) is 0 Å². The highest BCUT2D eigenvalue weighted by Gasteiger charge is 2.27. The van der Waals surface area contributed by atoms with Crippen molar-refractivity contribution in [3.63, 3.8) is 0 Å². The van der Waals surface area contributed by atoms with Crippen LogP contribution in [0, 0.1) is 5.82 Å². The molecular formula is C26H36FN3O6.